The second-order valence-corrected chi connectivity index (χ2v) is 5.61. The molecule has 2 aromatic rings. The van der Waals surface area contributed by atoms with Crippen molar-refractivity contribution in [3.8, 4) is 5.75 Å². The normalized spacial score (nSPS) is 16.8. The SMILES string of the molecule is COc1cc(NCCCC2(C)OCCO2)c2ncccc2c1. The van der Waals surface area contributed by atoms with Gasteiger partial charge in [-0.05, 0) is 25.5 Å². The predicted octanol–water partition coefficient (Wildman–Crippen LogP) is 3.20. The molecular formula is C17H22N2O3. The van der Waals surface area contributed by atoms with E-state index in [1.165, 1.54) is 0 Å². The first kappa shape index (κ1) is 15.1. The molecule has 1 aromatic carbocycles. The predicted molar refractivity (Wildman–Crippen MR) is 86.3 cm³/mol. The summed E-state index contributed by atoms with van der Waals surface area (Å²) in [5.41, 5.74) is 1.95. The fraction of sp³-hybridized carbons (Fsp3) is 0.471. The molecule has 3 rings (SSSR count). The summed E-state index contributed by atoms with van der Waals surface area (Å²) in [5, 5.41) is 4.52. The lowest BCUT2D eigenvalue weighted by atomic mass is 10.1. The third kappa shape index (κ3) is 3.31. The van der Waals surface area contributed by atoms with Crippen LogP contribution in [0.1, 0.15) is 19.8 Å². The summed E-state index contributed by atoms with van der Waals surface area (Å²) in [5.74, 6) is 0.411. The number of fused-ring (bicyclic) bond motifs is 1. The van der Waals surface area contributed by atoms with Crippen molar-refractivity contribution in [1.82, 2.24) is 4.98 Å². The van der Waals surface area contributed by atoms with Crippen LogP contribution in [0.2, 0.25) is 0 Å². The van der Waals surface area contributed by atoms with Crippen LogP contribution in [0.25, 0.3) is 10.9 Å². The lowest BCUT2D eigenvalue weighted by molar-refractivity contribution is -0.146. The Bertz CT molecular complexity index is 639. The van der Waals surface area contributed by atoms with E-state index in [1.54, 1.807) is 13.3 Å². The van der Waals surface area contributed by atoms with Crippen molar-refractivity contribution in [2.75, 3.05) is 32.2 Å². The van der Waals surface area contributed by atoms with Gasteiger partial charge < -0.3 is 19.5 Å². The highest BCUT2D eigenvalue weighted by Gasteiger charge is 2.29. The highest BCUT2D eigenvalue weighted by Crippen LogP contribution is 2.28. The van der Waals surface area contributed by atoms with Gasteiger partial charge in [-0.15, -0.1) is 0 Å². The van der Waals surface area contributed by atoms with Crippen LogP contribution < -0.4 is 10.1 Å². The van der Waals surface area contributed by atoms with Gasteiger partial charge in [-0.1, -0.05) is 6.07 Å². The Morgan fingerprint density at radius 3 is 2.91 bits per heavy atom. The molecule has 1 aliphatic rings. The van der Waals surface area contributed by atoms with Gasteiger partial charge in [0.1, 0.15) is 5.75 Å². The number of ether oxygens (including phenoxy) is 3. The molecule has 1 aliphatic heterocycles. The standard InChI is InChI=1S/C17H22N2O3/c1-17(21-9-10-22-17)6-4-8-18-15-12-14(20-2)11-13-5-3-7-19-16(13)15/h3,5,7,11-12,18H,4,6,8-10H2,1-2H3. The van der Waals surface area contributed by atoms with Crippen LogP contribution in [-0.2, 0) is 9.47 Å². The summed E-state index contributed by atoms with van der Waals surface area (Å²) in [6.07, 6.45) is 3.64. The molecule has 0 atom stereocenters. The topological polar surface area (TPSA) is 52.6 Å². The van der Waals surface area contributed by atoms with Crippen molar-refractivity contribution in [2.24, 2.45) is 0 Å². The smallest absolute Gasteiger partial charge is 0.165 e. The first-order valence-corrected chi connectivity index (χ1v) is 7.65. The molecule has 1 aromatic heterocycles. The average Bonchev–Trinajstić information content (AvgIpc) is 2.98. The van der Waals surface area contributed by atoms with Gasteiger partial charge in [0.2, 0.25) is 0 Å². The maximum atomic E-state index is 5.62. The van der Waals surface area contributed by atoms with Gasteiger partial charge in [-0.2, -0.15) is 0 Å². The summed E-state index contributed by atoms with van der Waals surface area (Å²) in [4.78, 5) is 4.46. The molecule has 0 unspecified atom stereocenters. The van der Waals surface area contributed by atoms with E-state index in [9.17, 15) is 0 Å². The molecule has 0 amide bonds. The van der Waals surface area contributed by atoms with E-state index in [0.717, 1.165) is 41.7 Å². The summed E-state index contributed by atoms with van der Waals surface area (Å²) >= 11 is 0. The molecular weight excluding hydrogens is 280 g/mol. The van der Waals surface area contributed by atoms with Gasteiger partial charge in [0, 0.05) is 30.6 Å². The Balaban J connectivity index is 1.65. The summed E-state index contributed by atoms with van der Waals surface area (Å²) in [6, 6.07) is 7.95. The van der Waals surface area contributed by atoms with Gasteiger partial charge in [-0.3, -0.25) is 4.98 Å². The van der Waals surface area contributed by atoms with Crippen molar-refractivity contribution >= 4 is 16.6 Å². The second kappa shape index (κ2) is 6.50. The maximum absolute atomic E-state index is 5.62. The first-order chi connectivity index (χ1) is 10.7. The van der Waals surface area contributed by atoms with Crippen molar-refractivity contribution < 1.29 is 14.2 Å². The minimum Gasteiger partial charge on any atom is -0.497 e. The van der Waals surface area contributed by atoms with E-state index in [2.05, 4.69) is 10.3 Å². The van der Waals surface area contributed by atoms with Gasteiger partial charge in [0.25, 0.3) is 0 Å². The first-order valence-electron chi connectivity index (χ1n) is 7.65. The third-order valence-electron chi connectivity index (χ3n) is 3.94. The van der Waals surface area contributed by atoms with Crippen LogP contribution in [0.3, 0.4) is 0 Å². The summed E-state index contributed by atoms with van der Waals surface area (Å²) in [6.45, 7) is 4.21. The number of pyridine rings is 1. The molecule has 0 spiro atoms. The number of aromatic nitrogens is 1. The monoisotopic (exact) mass is 302 g/mol. The molecule has 1 fully saturated rings. The van der Waals surface area contributed by atoms with E-state index in [0.29, 0.717) is 13.2 Å². The number of methoxy groups -OCH3 is 1. The Labute approximate surface area is 130 Å². The molecule has 1 N–H and O–H groups in total. The molecule has 0 saturated carbocycles. The molecule has 1 saturated heterocycles. The Morgan fingerprint density at radius 2 is 2.14 bits per heavy atom. The zero-order valence-corrected chi connectivity index (χ0v) is 13.1. The van der Waals surface area contributed by atoms with E-state index in [4.69, 9.17) is 14.2 Å². The molecule has 5 heteroatoms. The molecule has 2 heterocycles. The maximum Gasteiger partial charge on any atom is 0.165 e. The second-order valence-electron chi connectivity index (χ2n) is 5.61. The van der Waals surface area contributed by atoms with Gasteiger partial charge in [-0.25, -0.2) is 0 Å². The molecule has 22 heavy (non-hydrogen) atoms. The Kier molecular flexibility index (Phi) is 4.45. The fourth-order valence-corrected chi connectivity index (χ4v) is 2.75. The van der Waals surface area contributed by atoms with Crippen molar-refractivity contribution in [1.29, 1.82) is 0 Å². The van der Waals surface area contributed by atoms with Crippen LogP contribution in [-0.4, -0.2) is 37.6 Å². The van der Waals surface area contributed by atoms with E-state index in [-0.39, 0.29) is 0 Å². The molecule has 0 radical (unpaired) electrons. The molecule has 0 aliphatic carbocycles. The zero-order chi connectivity index (χ0) is 15.4. The quantitative estimate of drug-likeness (QED) is 0.830. The largest absolute Gasteiger partial charge is 0.497 e. The highest BCUT2D eigenvalue weighted by atomic mass is 16.7. The van der Waals surface area contributed by atoms with E-state index < -0.39 is 5.79 Å². The van der Waals surface area contributed by atoms with E-state index >= 15 is 0 Å². The van der Waals surface area contributed by atoms with Crippen molar-refractivity contribution in [2.45, 2.75) is 25.6 Å². The number of rotatable bonds is 6. The van der Waals surface area contributed by atoms with Crippen LogP contribution in [0.5, 0.6) is 5.75 Å². The number of hydrogen-bond donors (Lipinski definition) is 1. The van der Waals surface area contributed by atoms with Crippen LogP contribution in [0.4, 0.5) is 5.69 Å². The number of nitrogens with one attached hydrogen (secondary N) is 1. The lowest BCUT2D eigenvalue weighted by Crippen LogP contribution is -2.26. The summed E-state index contributed by atoms with van der Waals surface area (Å²) in [7, 11) is 1.68. The molecule has 118 valence electrons. The minimum atomic E-state index is -0.420. The number of nitrogens with zero attached hydrogens (tertiary/aromatic N) is 1. The number of hydrogen-bond acceptors (Lipinski definition) is 5. The van der Waals surface area contributed by atoms with Crippen LogP contribution in [0, 0.1) is 0 Å². The number of anilines is 1. The molecule has 0 bridgehead atoms. The highest BCUT2D eigenvalue weighted by molar-refractivity contribution is 5.91. The lowest BCUT2D eigenvalue weighted by Gasteiger charge is -2.22. The van der Waals surface area contributed by atoms with Gasteiger partial charge >= 0.3 is 0 Å². The summed E-state index contributed by atoms with van der Waals surface area (Å²) < 4.78 is 16.6. The van der Waals surface area contributed by atoms with Crippen molar-refractivity contribution in [3.05, 3.63) is 30.5 Å². The third-order valence-corrected chi connectivity index (χ3v) is 3.94. The van der Waals surface area contributed by atoms with Gasteiger partial charge in [0.05, 0.1) is 31.5 Å². The Hall–Kier alpha value is -1.85. The van der Waals surface area contributed by atoms with Crippen LogP contribution in [0.15, 0.2) is 30.5 Å². The van der Waals surface area contributed by atoms with Crippen LogP contribution >= 0.6 is 0 Å². The van der Waals surface area contributed by atoms with Gasteiger partial charge in [0.15, 0.2) is 5.79 Å². The van der Waals surface area contributed by atoms with E-state index in [1.807, 2.05) is 31.2 Å². The fourth-order valence-electron chi connectivity index (χ4n) is 2.75. The van der Waals surface area contributed by atoms with Crippen molar-refractivity contribution in [3.63, 3.8) is 0 Å². The Morgan fingerprint density at radius 1 is 1.32 bits per heavy atom. The number of benzene rings is 1. The molecule has 5 nitrogen and oxygen atoms in total. The minimum absolute atomic E-state index is 0.420. The average molecular weight is 302 g/mol. The zero-order valence-electron chi connectivity index (χ0n) is 13.1.